The first kappa shape index (κ1) is 15.2. The highest BCUT2D eigenvalue weighted by atomic mass is 32.2. The number of aromatic nitrogens is 2. The third-order valence-electron chi connectivity index (χ3n) is 2.71. The van der Waals surface area contributed by atoms with E-state index in [1.165, 1.54) is 18.0 Å². The van der Waals surface area contributed by atoms with Crippen LogP contribution in [0.4, 0.5) is 13.2 Å². The van der Waals surface area contributed by atoms with E-state index in [-0.39, 0.29) is 5.84 Å². The molecule has 2 aromatic rings. The van der Waals surface area contributed by atoms with Crippen LogP contribution in [0.2, 0.25) is 0 Å². The van der Waals surface area contributed by atoms with Crippen molar-refractivity contribution in [3.8, 4) is 5.69 Å². The number of hydrogen-bond acceptors (Lipinski definition) is 4. The zero-order chi connectivity index (χ0) is 15.6. The summed E-state index contributed by atoms with van der Waals surface area (Å²) in [5.41, 5.74) is 5.24. The Bertz CT molecular complexity index is 681. The van der Waals surface area contributed by atoms with Gasteiger partial charge in [-0.05, 0) is 24.5 Å². The topological polar surface area (TPSA) is 76.4 Å². The number of thioether (sulfide) groups is 1. The van der Waals surface area contributed by atoms with Crippen LogP contribution in [0.15, 0.2) is 40.5 Å². The molecule has 0 unspecified atom stereocenters. The summed E-state index contributed by atoms with van der Waals surface area (Å²) < 4.78 is 38.9. The van der Waals surface area contributed by atoms with Crippen LogP contribution in [0.25, 0.3) is 5.69 Å². The average Bonchev–Trinajstić information content (AvgIpc) is 2.95. The normalized spacial score (nSPS) is 12.7. The van der Waals surface area contributed by atoms with E-state index >= 15 is 0 Å². The summed E-state index contributed by atoms with van der Waals surface area (Å²) in [6.45, 7) is 0. The van der Waals surface area contributed by atoms with Crippen LogP contribution < -0.4 is 5.73 Å². The highest BCUT2D eigenvalue weighted by Gasteiger charge is 2.33. The van der Waals surface area contributed by atoms with Crippen molar-refractivity contribution in [3.05, 3.63) is 41.7 Å². The molecule has 0 radical (unpaired) electrons. The Morgan fingerprint density at radius 1 is 1.38 bits per heavy atom. The van der Waals surface area contributed by atoms with Gasteiger partial charge in [0.05, 0.1) is 11.3 Å². The Morgan fingerprint density at radius 2 is 2.10 bits per heavy atom. The Kier molecular flexibility index (Phi) is 4.12. The first-order valence-corrected chi connectivity index (χ1v) is 6.89. The molecule has 112 valence electrons. The third kappa shape index (κ3) is 2.97. The van der Waals surface area contributed by atoms with E-state index < -0.39 is 11.9 Å². The maximum Gasteiger partial charge on any atom is 0.435 e. The van der Waals surface area contributed by atoms with Gasteiger partial charge in [-0.3, -0.25) is 0 Å². The first-order chi connectivity index (χ1) is 9.88. The minimum absolute atomic E-state index is 0.195. The van der Waals surface area contributed by atoms with Crippen molar-refractivity contribution in [1.82, 2.24) is 9.78 Å². The van der Waals surface area contributed by atoms with Crippen LogP contribution in [0.1, 0.15) is 11.3 Å². The van der Waals surface area contributed by atoms with Crippen molar-refractivity contribution < 1.29 is 18.4 Å². The maximum absolute atomic E-state index is 12.6. The van der Waals surface area contributed by atoms with Crippen molar-refractivity contribution >= 4 is 17.6 Å². The Balaban J connectivity index is 2.61. The molecule has 3 N–H and O–H groups in total. The van der Waals surface area contributed by atoms with Gasteiger partial charge in [0.2, 0.25) is 0 Å². The van der Waals surface area contributed by atoms with Gasteiger partial charge in [0.1, 0.15) is 0 Å². The number of alkyl halides is 3. The predicted octanol–water partition coefficient (Wildman–Crippen LogP) is 2.71. The van der Waals surface area contributed by atoms with Crippen LogP contribution >= 0.6 is 11.8 Å². The zero-order valence-corrected chi connectivity index (χ0v) is 11.6. The Hall–Kier alpha value is -2.16. The van der Waals surface area contributed by atoms with Crippen molar-refractivity contribution in [2.75, 3.05) is 6.26 Å². The summed E-state index contributed by atoms with van der Waals surface area (Å²) in [6.07, 6.45) is -1.58. The summed E-state index contributed by atoms with van der Waals surface area (Å²) in [4.78, 5) is 0.659. The Morgan fingerprint density at radius 3 is 2.62 bits per heavy atom. The van der Waals surface area contributed by atoms with Crippen molar-refractivity contribution in [1.29, 1.82) is 0 Å². The monoisotopic (exact) mass is 316 g/mol. The number of benzene rings is 1. The van der Waals surface area contributed by atoms with Gasteiger partial charge in [-0.25, -0.2) is 4.68 Å². The predicted molar refractivity (Wildman–Crippen MR) is 72.9 cm³/mol. The zero-order valence-electron chi connectivity index (χ0n) is 10.8. The van der Waals surface area contributed by atoms with Crippen LogP contribution in [0.3, 0.4) is 0 Å². The van der Waals surface area contributed by atoms with Gasteiger partial charge in [0.15, 0.2) is 11.5 Å². The van der Waals surface area contributed by atoms with Crippen molar-refractivity contribution in [3.63, 3.8) is 0 Å². The van der Waals surface area contributed by atoms with Gasteiger partial charge in [-0.15, -0.1) is 11.8 Å². The van der Waals surface area contributed by atoms with E-state index in [0.717, 1.165) is 10.7 Å². The molecule has 0 amide bonds. The number of nitrogens with two attached hydrogens (primary N) is 1. The smallest absolute Gasteiger partial charge is 0.409 e. The number of oxime groups is 1. The molecule has 0 saturated heterocycles. The molecule has 0 spiro atoms. The number of amidine groups is 1. The van der Waals surface area contributed by atoms with Gasteiger partial charge < -0.3 is 10.9 Å². The van der Waals surface area contributed by atoms with Gasteiger partial charge in [0, 0.05) is 11.1 Å². The fourth-order valence-corrected chi connectivity index (χ4v) is 2.43. The lowest BCUT2D eigenvalue weighted by Crippen LogP contribution is -2.18. The summed E-state index contributed by atoms with van der Waals surface area (Å²) in [7, 11) is 0. The quantitative estimate of drug-likeness (QED) is 0.300. The average molecular weight is 316 g/mol. The molecule has 1 aromatic carbocycles. The molecule has 0 bridgehead atoms. The van der Waals surface area contributed by atoms with E-state index in [1.807, 2.05) is 0 Å². The van der Waals surface area contributed by atoms with E-state index in [0.29, 0.717) is 16.1 Å². The molecule has 0 aliphatic carbocycles. The fourth-order valence-electron chi connectivity index (χ4n) is 1.80. The molecule has 21 heavy (non-hydrogen) atoms. The molecule has 0 saturated carbocycles. The lowest BCUT2D eigenvalue weighted by molar-refractivity contribution is -0.141. The van der Waals surface area contributed by atoms with E-state index in [2.05, 4.69) is 10.3 Å². The second kappa shape index (κ2) is 5.68. The summed E-state index contributed by atoms with van der Waals surface area (Å²) in [5, 5.41) is 15.3. The van der Waals surface area contributed by atoms with Gasteiger partial charge in [-0.2, -0.15) is 18.3 Å². The molecule has 0 aliphatic rings. The Labute approximate surface area is 122 Å². The van der Waals surface area contributed by atoms with Crippen LogP contribution in [-0.2, 0) is 6.18 Å². The minimum atomic E-state index is -4.53. The van der Waals surface area contributed by atoms with Crippen LogP contribution in [0.5, 0.6) is 0 Å². The van der Waals surface area contributed by atoms with E-state index in [1.54, 1.807) is 24.5 Å². The van der Waals surface area contributed by atoms with Crippen LogP contribution in [-0.4, -0.2) is 27.1 Å². The number of hydrogen-bond donors (Lipinski definition) is 2. The lowest BCUT2D eigenvalue weighted by Gasteiger charge is -2.12. The van der Waals surface area contributed by atoms with Gasteiger partial charge in [0.25, 0.3) is 0 Å². The third-order valence-corrected chi connectivity index (χ3v) is 3.49. The first-order valence-electron chi connectivity index (χ1n) is 5.66. The van der Waals surface area contributed by atoms with E-state index in [4.69, 9.17) is 10.9 Å². The molecule has 0 fully saturated rings. The molecule has 5 nitrogen and oxygen atoms in total. The second-order valence-electron chi connectivity index (χ2n) is 3.98. The molecule has 2 rings (SSSR count). The summed E-state index contributed by atoms with van der Waals surface area (Å²) in [5.74, 6) is -0.195. The molecular weight excluding hydrogens is 305 g/mol. The second-order valence-corrected chi connectivity index (χ2v) is 4.83. The molecule has 9 heteroatoms. The number of halogens is 3. The SMILES string of the molecule is CSc1cccc(-n2ccc(C(F)(F)F)n2)c1/C(N)=N/O. The molecular formula is C12H11F3N4OS. The summed E-state index contributed by atoms with van der Waals surface area (Å²) >= 11 is 1.33. The highest BCUT2D eigenvalue weighted by Crippen LogP contribution is 2.30. The summed E-state index contributed by atoms with van der Waals surface area (Å²) in [6, 6.07) is 5.78. The van der Waals surface area contributed by atoms with Gasteiger partial charge >= 0.3 is 6.18 Å². The highest BCUT2D eigenvalue weighted by molar-refractivity contribution is 7.98. The van der Waals surface area contributed by atoms with Crippen molar-refractivity contribution in [2.45, 2.75) is 11.1 Å². The van der Waals surface area contributed by atoms with Crippen LogP contribution in [0, 0.1) is 0 Å². The van der Waals surface area contributed by atoms with Crippen molar-refractivity contribution in [2.24, 2.45) is 10.9 Å². The van der Waals surface area contributed by atoms with E-state index in [9.17, 15) is 13.2 Å². The lowest BCUT2D eigenvalue weighted by atomic mass is 10.1. The molecule has 1 heterocycles. The standard InChI is InChI=1S/C12H11F3N4OS/c1-21-8-4-2-3-7(10(8)11(16)18-20)19-6-5-9(17-19)12(13,14)15/h2-6,20H,1H3,(H2,16,18). The number of nitrogens with zero attached hydrogens (tertiary/aromatic N) is 3. The largest absolute Gasteiger partial charge is 0.435 e. The molecule has 0 aliphatic heterocycles. The van der Waals surface area contributed by atoms with Gasteiger partial charge in [-0.1, -0.05) is 11.2 Å². The fraction of sp³-hybridized carbons (Fsp3) is 0.167. The molecule has 0 atom stereocenters. The maximum atomic E-state index is 12.6. The number of rotatable bonds is 3. The molecule has 1 aromatic heterocycles. The minimum Gasteiger partial charge on any atom is -0.409 e.